The standard InChI is InChI=1S/C23H15Cl2NO5S/c1-30-22(28)15-5-3-14(4-6-15)19-9-7-16(31-19)11-20-21(27)26(23(29)32-20)12-13-2-8-17(24)18(25)10-13/h2-11H,12H2,1H3/b20-11+. The molecule has 32 heavy (non-hydrogen) atoms. The average Bonchev–Trinajstić information content (AvgIpc) is 3.36. The number of imide groups is 1. The molecule has 4 rings (SSSR count). The third kappa shape index (κ3) is 4.60. The number of ether oxygens (including phenoxy) is 1. The number of hydrogen-bond donors (Lipinski definition) is 0. The minimum atomic E-state index is -0.423. The molecule has 6 nitrogen and oxygen atoms in total. The fraction of sp³-hybridized carbons (Fsp3) is 0.0870. The Balaban J connectivity index is 1.50. The molecule has 0 aliphatic carbocycles. The molecular formula is C23H15Cl2NO5S. The summed E-state index contributed by atoms with van der Waals surface area (Å²) in [4.78, 5) is 38.1. The lowest BCUT2D eigenvalue weighted by Gasteiger charge is -2.12. The van der Waals surface area contributed by atoms with Crippen LogP contribution in [0.4, 0.5) is 4.79 Å². The van der Waals surface area contributed by atoms with Crippen molar-refractivity contribution in [2.24, 2.45) is 0 Å². The molecule has 9 heteroatoms. The van der Waals surface area contributed by atoms with E-state index in [1.54, 1.807) is 54.6 Å². The first-order chi connectivity index (χ1) is 15.4. The third-order valence-electron chi connectivity index (χ3n) is 4.69. The van der Waals surface area contributed by atoms with E-state index >= 15 is 0 Å². The number of thioether (sulfide) groups is 1. The first-order valence-electron chi connectivity index (χ1n) is 9.33. The number of methoxy groups -OCH3 is 1. The Morgan fingerprint density at radius 3 is 2.50 bits per heavy atom. The highest BCUT2D eigenvalue weighted by atomic mass is 35.5. The summed E-state index contributed by atoms with van der Waals surface area (Å²) in [5.41, 5.74) is 1.88. The van der Waals surface area contributed by atoms with E-state index in [0.717, 1.165) is 22.2 Å². The topological polar surface area (TPSA) is 76.8 Å². The van der Waals surface area contributed by atoms with E-state index in [-0.39, 0.29) is 16.7 Å². The van der Waals surface area contributed by atoms with Gasteiger partial charge in [0.05, 0.1) is 34.2 Å². The molecule has 2 heterocycles. The Bertz CT molecular complexity index is 1250. The van der Waals surface area contributed by atoms with E-state index in [2.05, 4.69) is 4.74 Å². The van der Waals surface area contributed by atoms with Gasteiger partial charge in [0.1, 0.15) is 11.5 Å². The van der Waals surface area contributed by atoms with Crippen molar-refractivity contribution < 1.29 is 23.5 Å². The molecular weight excluding hydrogens is 473 g/mol. The van der Waals surface area contributed by atoms with Crippen LogP contribution in [0.5, 0.6) is 0 Å². The van der Waals surface area contributed by atoms with Gasteiger partial charge < -0.3 is 9.15 Å². The summed E-state index contributed by atoms with van der Waals surface area (Å²) in [6, 6.07) is 15.2. The predicted octanol–water partition coefficient (Wildman–Crippen LogP) is 6.28. The molecule has 0 atom stereocenters. The molecule has 1 aliphatic rings. The maximum atomic E-state index is 12.8. The SMILES string of the molecule is COC(=O)c1ccc(-c2ccc(/C=C3/SC(=O)N(Cc4ccc(Cl)c(Cl)c4)C3=O)o2)cc1. The lowest BCUT2D eigenvalue weighted by molar-refractivity contribution is -0.123. The van der Waals surface area contributed by atoms with Crippen LogP contribution >= 0.6 is 35.0 Å². The fourth-order valence-electron chi connectivity index (χ4n) is 3.06. The van der Waals surface area contributed by atoms with Crippen LogP contribution in [0.25, 0.3) is 17.4 Å². The summed E-state index contributed by atoms with van der Waals surface area (Å²) in [7, 11) is 1.32. The number of benzene rings is 2. The van der Waals surface area contributed by atoms with E-state index in [1.165, 1.54) is 13.2 Å². The Labute approximate surface area is 197 Å². The van der Waals surface area contributed by atoms with Crippen molar-refractivity contribution >= 4 is 58.2 Å². The largest absolute Gasteiger partial charge is 0.465 e. The monoisotopic (exact) mass is 487 g/mol. The molecule has 0 spiro atoms. The summed E-state index contributed by atoms with van der Waals surface area (Å²) >= 11 is 12.8. The van der Waals surface area contributed by atoms with Gasteiger partial charge in [-0.25, -0.2) is 4.79 Å². The van der Waals surface area contributed by atoms with Crippen molar-refractivity contribution in [1.29, 1.82) is 0 Å². The Morgan fingerprint density at radius 2 is 1.81 bits per heavy atom. The van der Waals surface area contributed by atoms with Crippen molar-refractivity contribution in [2.45, 2.75) is 6.54 Å². The van der Waals surface area contributed by atoms with Crippen LogP contribution in [-0.4, -0.2) is 29.1 Å². The number of amides is 2. The third-order valence-corrected chi connectivity index (χ3v) is 6.34. The Morgan fingerprint density at radius 1 is 1.06 bits per heavy atom. The molecule has 2 aromatic carbocycles. The summed E-state index contributed by atoms with van der Waals surface area (Å²) in [6.45, 7) is 0.0921. The van der Waals surface area contributed by atoms with E-state index < -0.39 is 11.9 Å². The second kappa shape index (κ2) is 9.24. The number of furan rings is 1. The number of esters is 1. The second-order valence-corrected chi connectivity index (χ2v) is 8.59. The molecule has 1 aliphatic heterocycles. The number of carbonyl (C=O) groups is 3. The van der Waals surface area contributed by atoms with Crippen molar-refractivity contribution in [3.8, 4) is 11.3 Å². The van der Waals surface area contributed by atoms with Gasteiger partial charge in [0.25, 0.3) is 11.1 Å². The maximum absolute atomic E-state index is 12.8. The van der Waals surface area contributed by atoms with E-state index in [0.29, 0.717) is 32.7 Å². The quantitative estimate of drug-likeness (QED) is 0.311. The normalized spacial score (nSPS) is 15.0. The molecule has 1 aromatic heterocycles. The van der Waals surface area contributed by atoms with Gasteiger partial charge in [-0.2, -0.15) is 0 Å². The summed E-state index contributed by atoms with van der Waals surface area (Å²) in [6.07, 6.45) is 1.53. The van der Waals surface area contributed by atoms with Gasteiger partial charge in [0.15, 0.2) is 0 Å². The molecule has 1 fully saturated rings. The van der Waals surface area contributed by atoms with E-state index in [4.69, 9.17) is 27.6 Å². The zero-order valence-electron chi connectivity index (χ0n) is 16.6. The van der Waals surface area contributed by atoms with Gasteiger partial charge in [0.2, 0.25) is 0 Å². The smallest absolute Gasteiger partial charge is 0.337 e. The lowest BCUT2D eigenvalue weighted by atomic mass is 10.1. The average molecular weight is 488 g/mol. The number of nitrogens with zero attached hydrogens (tertiary/aromatic N) is 1. The van der Waals surface area contributed by atoms with Gasteiger partial charge in [-0.15, -0.1) is 0 Å². The summed E-state index contributed by atoms with van der Waals surface area (Å²) in [5.74, 6) is 0.152. The first kappa shape index (κ1) is 22.2. The molecule has 0 bridgehead atoms. The van der Waals surface area contributed by atoms with Crippen LogP contribution in [0.15, 0.2) is 63.9 Å². The molecule has 1 saturated heterocycles. The van der Waals surface area contributed by atoms with Crippen molar-refractivity contribution in [3.63, 3.8) is 0 Å². The van der Waals surface area contributed by atoms with E-state index in [1.807, 2.05) is 0 Å². The van der Waals surface area contributed by atoms with E-state index in [9.17, 15) is 14.4 Å². The molecule has 2 amide bonds. The van der Waals surface area contributed by atoms with Gasteiger partial charge in [-0.1, -0.05) is 41.4 Å². The number of rotatable bonds is 5. The van der Waals surface area contributed by atoms with Crippen LogP contribution in [0, 0.1) is 0 Å². The molecule has 3 aromatic rings. The van der Waals surface area contributed by atoms with Crippen molar-refractivity contribution in [2.75, 3.05) is 7.11 Å². The maximum Gasteiger partial charge on any atom is 0.337 e. The summed E-state index contributed by atoms with van der Waals surface area (Å²) in [5, 5.41) is 0.380. The highest BCUT2D eigenvalue weighted by Crippen LogP contribution is 2.35. The van der Waals surface area contributed by atoms with Crippen LogP contribution in [-0.2, 0) is 16.1 Å². The minimum absolute atomic E-state index is 0.0921. The minimum Gasteiger partial charge on any atom is -0.465 e. The second-order valence-electron chi connectivity index (χ2n) is 6.79. The molecule has 162 valence electrons. The van der Waals surface area contributed by atoms with Gasteiger partial charge in [-0.3, -0.25) is 14.5 Å². The molecule has 0 radical (unpaired) electrons. The van der Waals surface area contributed by atoms with Crippen molar-refractivity contribution in [3.05, 3.63) is 86.4 Å². The highest BCUT2D eigenvalue weighted by molar-refractivity contribution is 8.18. The molecule has 0 saturated carbocycles. The fourth-order valence-corrected chi connectivity index (χ4v) is 4.20. The number of halogens is 2. The van der Waals surface area contributed by atoms with Crippen molar-refractivity contribution in [1.82, 2.24) is 4.90 Å². The predicted molar refractivity (Wildman–Crippen MR) is 123 cm³/mol. The zero-order valence-corrected chi connectivity index (χ0v) is 19.0. The van der Waals surface area contributed by atoms with Gasteiger partial charge >= 0.3 is 5.97 Å². The van der Waals surface area contributed by atoms with Crippen LogP contribution < -0.4 is 0 Å². The Hall–Kier alpha value is -3.00. The highest BCUT2D eigenvalue weighted by Gasteiger charge is 2.35. The lowest BCUT2D eigenvalue weighted by Crippen LogP contribution is -2.27. The Kier molecular flexibility index (Phi) is 6.41. The number of carbonyl (C=O) groups excluding carboxylic acids is 3. The van der Waals surface area contributed by atoms with Gasteiger partial charge in [-0.05, 0) is 53.7 Å². The van der Waals surface area contributed by atoms with Crippen LogP contribution in [0.2, 0.25) is 10.0 Å². The van der Waals surface area contributed by atoms with Gasteiger partial charge in [0, 0.05) is 11.6 Å². The molecule has 0 unspecified atom stereocenters. The summed E-state index contributed by atoms with van der Waals surface area (Å²) < 4.78 is 10.5. The van der Waals surface area contributed by atoms with Crippen LogP contribution in [0.3, 0.4) is 0 Å². The van der Waals surface area contributed by atoms with Crippen LogP contribution in [0.1, 0.15) is 21.7 Å². The zero-order chi connectivity index (χ0) is 22.8. The molecule has 0 N–H and O–H groups in total. The first-order valence-corrected chi connectivity index (χ1v) is 10.9. The number of hydrogen-bond acceptors (Lipinski definition) is 6.